The fraction of sp³-hybridized carbons (Fsp3) is 0.889. The summed E-state index contributed by atoms with van der Waals surface area (Å²) in [7, 11) is -2.94. The van der Waals surface area contributed by atoms with Gasteiger partial charge in [0, 0.05) is 0 Å². The van der Waals surface area contributed by atoms with Crippen LogP contribution in [-0.2, 0) is 0 Å². The molecule has 234 valence electrons. The first-order valence-electron chi connectivity index (χ1n) is 17.9. The Labute approximate surface area is 247 Å². The van der Waals surface area contributed by atoms with Crippen LogP contribution in [0, 0.1) is 0 Å². The first-order chi connectivity index (χ1) is 19.1. The van der Waals surface area contributed by atoms with Crippen LogP contribution in [0.1, 0.15) is 194 Å². The van der Waals surface area contributed by atoms with Gasteiger partial charge in [-0.2, -0.15) is 0 Å². The van der Waals surface area contributed by atoms with Crippen molar-refractivity contribution in [2.24, 2.45) is 0 Å². The van der Waals surface area contributed by atoms with E-state index >= 15 is 0 Å². The van der Waals surface area contributed by atoms with E-state index in [1.54, 1.807) is 0 Å². The van der Waals surface area contributed by atoms with Gasteiger partial charge >= 0.3 is 170 Å². The number of rotatable bonds is 32. The Bertz CT molecular complexity index is 470. The zero-order valence-corrected chi connectivity index (χ0v) is 27.9. The molecular formula is C36H73O2P. The Kier molecular flexibility index (Phi) is 32.2. The van der Waals surface area contributed by atoms with Crippen LogP contribution in [0.25, 0.3) is 0 Å². The molecule has 2 nitrogen and oxygen atoms in total. The monoisotopic (exact) mass is 569 g/mol. The van der Waals surface area contributed by atoms with Crippen molar-refractivity contribution in [3.63, 3.8) is 0 Å². The molecule has 3 heteroatoms. The molecule has 0 aromatic carbocycles. The van der Waals surface area contributed by atoms with Gasteiger partial charge < -0.3 is 0 Å². The zero-order valence-electron chi connectivity index (χ0n) is 26.9. The van der Waals surface area contributed by atoms with Gasteiger partial charge in [0.2, 0.25) is 0 Å². The predicted molar refractivity (Wildman–Crippen MR) is 181 cm³/mol. The van der Waals surface area contributed by atoms with E-state index < -0.39 is 7.72 Å². The second kappa shape index (κ2) is 32.3. The molecule has 0 fully saturated rings. The number of hydrogen-bond donors (Lipinski definition) is 2. The minimum absolute atomic E-state index is 0.680. The van der Waals surface area contributed by atoms with Gasteiger partial charge in [-0.25, -0.2) is 0 Å². The molecule has 0 heterocycles. The normalized spacial score (nSPS) is 12.8. The van der Waals surface area contributed by atoms with Gasteiger partial charge in [-0.15, -0.1) is 0 Å². The van der Waals surface area contributed by atoms with Crippen molar-refractivity contribution in [1.82, 2.24) is 0 Å². The van der Waals surface area contributed by atoms with Crippen LogP contribution >= 0.6 is 7.72 Å². The van der Waals surface area contributed by atoms with E-state index in [-0.39, 0.29) is 0 Å². The third-order valence-electron chi connectivity index (χ3n) is 8.18. The third kappa shape index (κ3) is 33.9. The van der Waals surface area contributed by atoms with Gasteiger partial charge in [0.1, 0.15) is 0 Å². The summed E-state index contributed by atoms with van der Waals surface area (Å²) in [5.74, 6) is 0. The molecule has 0 amide bonds. The van der Waals surface area contributed by atoms with Crippen LogP contribution in [-0.4, -0.2) is 22.1 Å². The average molecular weight is 569 g/mol. The summed E-state index contributed by atoms with van der Waals surface area (Å²) in [6.07, 6.45) is 47.2. The van der Waals surface area contributed by atoms with Crippen LogP contribution in [0.3, 0.4) is 0 Å². The molecule has 0 bridgehead atoms. The molecule has 0 saturated heterocycles. The van der Waals surface area contributed by atoms with Crippen LogP contribution in [0.5, 0.6) is 0 Å². The Morgan fingerprint density at radius 2 is 0.564 bits per heavy atom. The van der Waals surface area contributed by atoms with E-state index in [0.29, 0.717) is 12.3 Å². The van der Waals surface area contributed by atoms with Crippen LogP contribution < -0.4 is 0 Å². The van der Waals surface area contributed by atoms with Gasteiger partial charge in [0.15, 0.2) is 0 Å². The summed E-state index contributed by atoms with van der Waals surface area (Å²) in [6, 6.07) is 0. The Morgan fingerprint density at radius 3 is 0.846 bits per heavy atom. The summed E-state index contributed by atoms with van der Waals surface area (Å²) in [6.45, 7) is 4.56. The molecule has 0 aliphatic heterocycles. The molecule has 0 aromatic rings. The maximum absolute atomic E-state index is 10.4. The summed E-state index contributed by atoms with van der Waals surface area (Å²) in [4.78, 5) is 20.8. The molecule has 0 atom stereocenters. The molecule has 0 aliphatic rings. The Morgan fingerprint density at radius 1 is 0.333 bits per heavy atom. The molecule has 39 heavy (non-hydrogen) atoms. The van der Waals surface area contributed by atoms with Crippen molar-refractivity contribution in [2.75, 3.05) is 12.3 Å². The number of hydrogen-bond acceptors (Lipinski definition) is 2. The summed E-state index contributed by atoms with van der Waals surface area (Å²) in [5, 5.41) is 0. The number of allylic oxidation sites excluding steroid dienone is 4. The van der Waals surface area contributed by atoms with E-state index in [1.807, 2.05) is 0 Å². The van der Waals surface area contributed by atoms with Crippen molar-refractivity contribution >= 4 is 7.72 Å². The quantitative estimate of drug-likeness (QED) is 0.0481. The third-order valence-corrected chi connectivity index (χ3v) is 10.5. The average Bonchev–Trinajstić information content (AvgIpc) is 2.92. The van der Waals surface area contributed by atoms with Gasteiger partial charge in [-0.05, 0) is 0 Å². The molecule has 0 rings (SSSR count). The van der Waals surface area contributed by atoms with Crippen molar-refractivity contribution in [1.29, 1.82) is 0 Å². The Hall–Kier alpha value is -0.170. The summed E-state index contributed by atoms with van der Waals surface area (Å²) in [5.41, 5.74) is 0. The van der Waals surface area contributed by atoms with Crippen LogP contribution in [0.15, 0.2) is 24.3 Å². The summed E-state index contributed by atoms with van der Waals surface area (Å²) < 4.78 is 0. The second-order valence-electron chi connectivity index (χ2n) is 12.4. The standard InChI is InChI=1S/C36H73O2P/c1-3-5-7-9-11-13-15-17-19-21-23-25-27-29-31-33-35-39(37,38)36-34-32-30-28-26-24-22-20-18-16-14-12-10-8-6-4-2/h17-20,37-39H,3-16,21-36H2,1-2H3/b19-17-,20-18-. The van der Waals surface area contributed by atoms with Crippen LogP contribution in [0.4, 0.5) is 0 Å². The van der Waals surface area contributed by atoms with Gasteiger partial charge in [0.25, 0.3) is 0 Å². The van der Waals surface area contributed by atoms with Gasteiger partial charge in [-0.1, -0.05) is 78.1 Å². The van der Waals surface area contributed by atoms with Gasteiger partial charge in [0.05, 0.1) is 0 Å². The van der Waals surface area contributed by atoms with E-state index in [2.05, 4.69) is 38.2 Å². The topological polar surface area (TPSA) is 40.5 Å². The fourth-order valence-corrected chi connectivity index (χ4v) is 7.32. The molecule has 0 unspecified atom stereocenters. The molecule has 2 N–H and O–H groups in total. The smallest absolute Gasteiger partial charge is 0.0654 e. The van der Waals surface area contributed by atoms with E-state index in [9.17, 15) is 9.79 Å². The molecule has 0 radical (unpaired) electrons. The first kappa shape index (κ1) is 38.8. The maximum atomic E-state index is 10.4. The molecule has 0 aromatic heterocycles. The van der Waals surface area contributed by atoms with Crippen molar-refractivity contribution < 1.29 is 9.79 Å². The fourth-order valence-electron chi connectivity index (χ4n) is 5.44. The first-order valence-corrected chi connectivity index (χ1v) is 20.2. The minimum Gasteiger partial charge on any atom is -0.0654 e. The number of unbranched alkanes of at least 4 members (excludes halogenated alkanes) is 24. The molecule has 0 saturated carbocycles. The molecule has 0 spiro atoms. The van der Waals surface area contributed by atoms with Crippen molar-refractivity contribution in [3.8, 4) is 0 Å². The second-order valence-corrected chi connectivity index (χ2v) is 15.3. The zero-order chi connectivity index (χ0) is 28.5. The Balaban J connectivity index is 3.36. The van der Waals surface area contributed by atoms with Crippen molar-refractivity contribution in [3.05, 3.63) is 24.3 Å². The summed E-state index contributed by atoms with van der Waals surface area (Å²) >= 11 is 0. The van der Waals surface area contributed by atoms with Crippen LogP contribution in [0.2, 0.25) is 0 Å². The van der Waals surface area contributed by atoms with Gasteiger partial charge in [-0.3, -0.25) is 0 Å². The SMILES string of the molecule is CCCCCCCC/C=C\CCCCCCCC[PH](O)(O)CCCCCCCC/C=C\CCCCCCCC. The molecule has 0 aliphatic carbocycles. The van der Waals surface area contributed by atoms with Crippen molar-refractivity contribution in [2.45, 2.75) is 194 Å². The van der Waals surface area contributed by atoms with E-state index in [1.165, 1.54) is 154 Å². The predicted octanol–water partition coefficient (Wildman–Crippen LogP) is 12.6. The molecular weight excluding hydrogens is 495 g/mol. The van der Waals surface area contributed by atoms with E-state index in [4.69, 9.17) is 0 Å². The van der Waals surface area contributed by atoms with E-state index in [0.717, 1.165) is 25.7 Å². The minimum atomic E-state index is -2.94.